The summed E-state index contributed by atoms with van der Waals surface area (Å²) < 4.78 is 35.6. The molecule has 1 N–H and O–H groups in total. The van der Waals surface area contributed by atoms with Gasteiger partial charge in [0.05, 0.1) is 23.2 Å². The molecule has 0 aliphatic heterocycles. The van der Waals surface area contributed by atoms with E-state index in [9.17, 15) is 13.2 Å². The third-order valence-corrected chi connectivity index (χ3v) is 6.45. The smallest absolute Gasteiger partial charge is 0.322 e. The molecular formula is C21H23N3O5S. The van der Waals surface area contributed by atoms with Crippen LogP contribution in [0.4, 0.5) is 6.01 Å². The van der Waals surface area contributed by atoms with E-state index in [1.54, 1.807) is 38.1 Å². The average Bonchev–Trinajstić information content (AvgIpc) is 3.18. The fraction of sp³-hybridized carbons (Fsp3) is 0.286. The molecule has 1 heterocycles. The van der Waals surface area contributed by atoms with Crippen molar-refractivity contribution in [3.8, 4) is 17.2 Å². The highest BCUT2D eigenvalue weighted by atomic mass is 32.2. The van der Waals surface area contributed by atoms with Gasteiger partial charge in [0.25, 0.3) is 0 Å². The largest absolute Gasteiger partial charge is 0.494 e. The molecular weight excluding hydrogens is 406 g/mol. The number of nitrogens with one attached hydrogen (secondary N) is 1. The Labute approximate surface area is 175 Å². The number of aromatic nitrogens is 2. The number of hydrogen-bond donors (Lipinski definition) is 1. The van der Waals surface area contributed by atoms with E-state index in [4.69, 9.17) is 9.15 Å². The number of carbonyl (C=O) groups is 1. The minimum atomic E-state index is -3.43. The first-order chi connectivity index (χ1) is 14.3. The third kappa shape index (κ3) is 5.04. The van der Waals surface area contributed by atoms with Crippen LogP contribution in [-0.2, 0) is 21.1 Å². The van der Waals surface area contributed by atoms with Crippen molar-refractivity contribution in [2.24, 2.45) is 0 Å². The summed E-state index contributed by atoms with van der Waals surface area (Å²) in [5.41, 5.74) is 1.26. The monoisotopic (exact) mass is 429 g/mol. The van der Waals surface area contributed by atoms with Crippen LogP contribution in [0.2, 0.25) is 0 Å². The van der Waals surface area contributed by atoms with Crippen LogP contribution in [0.5, 0.6) is 5.75 Å². The summed E-state index contributed by atoms with van der Waals surface area (Å²) in [5, 5.41) is 9.73. The Balaban J connectivity index is 1.68. The standard InChI is InChI=1S/C21H23N3O5S/c1-4-28-17-10-8-15(9-11-17)12-19(25)22-21-24-23-20(29-21)16-6-5-7-18(13-16)30(26,27)14(2)3/h5-11,13-14H,4,12H2,1-3H3,(H,22,24,25). The van der Waals surface area contributed by atoms with Gasteiger partial charge in [-0.1, -0.05) is 23.3 Å². The molecule has 0 aliphatic rings. The van der Waals surface area contributed by atoms with E-state index in [0.717, 1.165) is 11.3 Å². The number of ether oxygens (including phenoxy) is 1. The van der Waals surface area contributed by atoms with Crippen molar-refractivity contribution in [1.82, 2.24) is 10.2 Å². The summed E-state index contributed by atoms with van der Waals surface area (Å²) in [6.07, 6.45) is 0.131. The Morgan fingerprint density at radius 3 is 2.53 bits per heavy atom. The average molecular weight is 429 g/mol. The second-order valence-corrected chi connectivity index (χ2v) is 9.34. The first kappa shape index (κ1) is 21.5. The van der Waals surface area contributed by atoms with Crippen LogP contribution < -0.4 is 10.1 Å². The number of sulfone groups is 1. The zero-order chi connectivity index (χ0) is 21.7. The normalized spacial score (nSPS) is 11.5. The third-order valence-electron chi connectivity index (χ3n) is 4.30. The van der Waals surface area contributed by atoms with E-state index in [1.807, 2.05) is 19.1 Å². The van der Waals surface area contributed by atoms with Gasteiger partial charge in [-0.15, -0.1) is 5.10 Å². The van der Waals surface area contributed by atoms with E-state index in [-0.39, 0.29) is 29.1 Å². The van der Waals surface area contributed by atoms with Gasteiger partial charge >= 0.3 is 6.01 Å². The molecule has 0 aliphatic carbocycles. The Kier molecular flexibility index (Phi) is 6.51. The van der Waals surface area contributed by atoms with Crippen LogP contribution in [-0.4, -0.2) is 36.4 Å². The number of hydrogen-bond acceptors (Lipinski definition) is 7. The molecule has 1 amide bonds. The Morgan fingerprint density at radius 1 is 1.13 bits per heavy atom. The predicted molar refractivity (Wildman–Crippen MR) is 112 cm³/mol. The van der Waals surface area contributed by atoms with Crippen molar-refractivity contribution < 1.29 is 22.4 Å². The molecule has 0 unspecified atom stereocenters. The maximum Gasteiger partial charge on any atom is 0.322 e. The summed E-state index contributed by atoms with van der Waals surface area (Å²) in [6.45, 7) is 5.71. The molecule has 0 atom stereocenters. The molecule has 3 rings (SSSR count). The Morgan fingerprint density at radius 2 is 1.87 bits per heavy atom. The highest BCUT2D eigenvalue weighted by molar-refractivity contribution is 7.92. The van der Waals surface area contributed by atoms with Crippen molar-refractivity contribution >= 4 is 21.8 Å². The van der Waals surface area contributed by atoms with Gasteiger partial charge in [0.15, 0.2) is 9.84 Å². The molecule has 8 nitrogen and oxygen atoms in total. The van der Waals surface area contributed by atoms with Gasteiger partial charge in [0.1, 0.15) is 5.75 Å². The summed E-state index contributed by atoms with van der Waals surface area (Å²) in [7, 11) is -3.43. The summed E-state index contributed by atoms with van der Waals surface area (Å²) >= 11 is 0. The summed E-state index contributed by atoms with van der Waals surface area (Å²) in [4.78, 5) is 12.4. The number of rotatable bonds is 8. The Bertz CT molecular complexity index is 1120. The fourth-order valence-corrected chi connectivity index (χ4v) is 3.79. The first-order valence-electron chi connectivity index (χ1n) is 9.49. The van der Waals surface area contributed by atoms with Gasteiger partial charge in [-0.25, -0.2) is 8.42 Å². The zero-order valence-corrected chi connectivity index (χ0v) is 17.8. The molecule has 3 aromatic rings. The topological polar surface area (TPSA) is 111 Å². The van der Waals surface area contributed by atoms with Crippen LogP contribution >= 0.6 is 0 Å². The highest BCUT2D eigenvalue weighted by Gasteiger charge is 2.20. The van der Waals surface area contributed by atoms with E-state index in [2.05, 4.69) is 15.5 Å². The Hall–Kier alpha value is -3.20. The molecule has 0 saturated carbocycles. The van der Waals surface area contributed by atoms with Crippen LogP contribution in [0.15, 0.2) is 57.8 Å². The maximum atomic E-state index is 12.4. The maximum absolute atomic E-state index is 12.4. The highest BCUT2D eigenvalue weighted by Crippen LogP contribution is 2.25. The SMILES string of the molecule is CCOc1ccc(CC(=O)Nc2nnc(-c3cccc(S(=O)(=O)C(C)C)c3)o2)cc1. The second-order valence-electron chi connectivity index (χ2n) is 6.84. The lowest BCUT2D eigenvalue weighted by atomic mass is 10.1. The van der Waals surface area contributed by atoms with Crippen LogP contribution in [0.1, 0.15) is 26.3 Å². The van der Waals surface area contributed by atoms with Gasteiger partial charge in [-0.3, -0.25) is 10.1 Å². The van der Waals surface area contributed by atoms with Crippen molar-refractivity contribution in [3.63, 3.8) is 0 Å². The lowest BCUT2D eigenvalue weighted by molar-refractivity contribution is -0.115. The number of benzene rings is 2. The minimum absolute atomic E-state index is 0.0574. The van der Waals surface area contributed by atoms with E-state index < -0.39 is 15.1 Å². The van der Waals surface area contributed by atoms with Crippen molar-refractivity contribution in [2.75, 3.05) is 11.9 Å². The van der Waals surface area contributed by atoms with Crippen LogP contribution in [0.3, 0.4) is 0 Å². The number of anilines is 1. The van der Waals surface area contributed by atoms with E-state index in [0.29, 0.717) is 12.2 Å². The number of carbonyl (C=O) groups excluding carboxylic acids is 1. The van der Waals surface area contributed by atoms with Crippen LogP contribution in [0.25, 0.3) is 11.5 Å². The fourth-order valence-electron chi connectivity index (χ4n) is 2.69. The molecule has 30 heavy (non-hydrogen) atoms. The molecule has 2 aromatic carbocycles. The molecule has 0 spiro atoms. The van der Waals surface area contributed by atoms with E-state index in [1.165, 1.54) is 12.1 Å². The van der Waals surface area contributed by atoms with Crippen molar-refractivity contribution in [2.45, 2.75) is 37.3 Å². The van der Waals surface area contributed by atoms with Crippen molar-refractivity contribution in [3.05, 3.63) is 54.1 Å². The molecule has 0 radical (unpaired) electrons. The molecule has 0 saturated heterocycles. The lowest BCUT2D eigenvalue weighted by Crippen LogP contribution is -2.14. The summed E-state index contributed by atoms with van der Waals surface area (Å²) in [6, 6.07) is 13.4. The number of amides is 1. The second kappa shape index (κ2) is 9.08. The quantitative estimate of drug-likeness (QED) is 0.583. The van der Waals surface area contributed by atoms with Gasteiger partial charge in [-0.2, -0.15) is 0 Å². The minimum Gasteiger partial charge on any atom is -0.494 e. The van der Waals surface area contributed by atoms with Gasteiger partial charge in [0, 0.05) is 5.56 Å². The van der Waals surface area contributed by atoms with E-state index >= 15 is 0 Å². The molecule has 0 bridgehead atoms. The van der Waals surface area contributed by atoms with Crippen LogP contribution in [0, 0.1) is 0 Å². The molecule has 9 heteroatoms. The molecule has 0 fully saturated rings. The number of nitrogens with zero attached hydrogens (tertiary/aromatic N) is 2. The predicted octanol–water partition coefficient (Wildman–Crippen LogP) is 3.50. The lowest BCUT2D eigenvalue weighted by Gasteiger charge is -2.08. The first-order valence-corrected chi connectivity index (χ1v) is 11.0. The van der Waals surface area contributed by atoms with Gasteiger partial charge < -0.3 is 9.15 Å². The van der Waals surface area contributed by atoms with Gasteiger partial charge in [0.2, 0.25) is 11.8 Å². The van der Waals surface area contributed by atoms with Crippen molar-refractivity contribution in [1.29, 1.82) is 0 Å². The zero-order valence-electron chi connectivity index (χ0n) is 17.0. The molecule has 158 valence electrons. The van der Waals surface area contributed by atoms with Gasteiger partial charge in [-0.05, 0) is 56.7 Å². The summed E-state index contributed by atoms with van der Waals surface area (Å²) in [5.74, 6) is 0.544. The molecule has 1 aromatic heterocycles.